The van der Waals surface area contributed by atoms with Crippen molar-refractivity contribution >= 4 is 17.2 Å². The van der Waals surface area contributed by atoms with E-state index in [4.69, 9.17) is 4.98 Å². The molecule has 0 atom stereocenters. The molecule has 1 aliphatic heterocycles. The molecule has 0 unspecified atom stereocenters. The van der Waals surface area contributed by atoms with Crippen molar-refractivity contribution in [1.29, 1.82) is 0 Å². The van der Waals surface area contributed by atoms with Crippen molar-refractivity contribution in [3.63, 3.8) is 0 Å². The van der Waals surface area contributed by atoms with Gasteiger partial charge in [0.25, 0.3) is 5.91 Å². The fourth-order valence-electron chi connectivity index (χ4n) is 3.27. The molecule has 0 radical (unpaired) electrons. The van der Waals surface area contributed by atoms with Crippen LogP contribution in [0.1, 0.15) is 46.4 Å². The predicted octanol–water partition coefficient (Wildman–Crippen LogP) is 3.75. The highest BCUT2D eigenvalue weighted by Gasteiger charge is 2.20. The Morgan fingerprint density at radius 2 is 2.12 bits per heavy atom. The van der Waals surface area contributed by atoms with Crippen LogP contribution in [0.5, 0.6) is 0 Å². The first-order valence-corrected chi connectivity index (χ1v) is 10.0. The first-order chi connectivity index (χ1) is 12.2. The largest absolute Gasteiger partial charge is 0.337 e. The van der Waals surface area contributed by atoms with Crippen molar-refractivity contribution in [2.45, 2.75) is 39.7 Å². The second-order valence-electron chi connectivity index (χ2n) is 6.77. The van der Waals surface area contributed by atoms with Gasteiger partial charge in [-0.1, -0.05) is 24.6 Å². The maximum Gasteiger partial charge on any atom is 0.253 e. The summed E-state index contributed by atoms with van der Waals surface area (Å²) in [4.78, 5) is 21.9. The van der Waals surface area contributed by atoms with E-state index in [1.165, 1.54) is 10.7 Å². The molecule has 1 fully saturated rings. The summed E-state index contributed by atoms with van der Waals surface area (Å²) in [5.74, 6) is 0.157. The minimum atomic E-state index is 0.157. The third-order valence-corrected chi connectivity index (χ3v) is 5.55. The van der Waals surface area contributed by atoms with Crippen molar-refractivity contribution in [2.24, 2.45) is 0 Å². The Balaban J connectivity index is 1.57. The average Bonchev–Trinajstić information content (AvgIpc) is 2.90. The summed E-state index contributed by atoms with van der Waals surface area (Å²) in [6.07, 6.45) is 3.24. The number of amides is 1. The summed E-state index contributed by atoms with van der Waals surface area (Å²) in [7, 11) is 0. The van der Waals surface area contributed by atoms with Crippen LogP contribution in [-0.2, 0) is 13.0 Å². The smallest absolute Gasteiger partial charge is 0.253 e. The molecule has 0 N–H and O–H groups in total. The van der Waals surface area contributed by atoms with Crippen LogP contribution >= 0.6 is 11.3 Å². The van der Waals surface area contributed by atoms with Gasteiger partial charge in [-0.3, -0.25) is 9.69 Å². The molecule has 2 aromatic rings. The van der Waals surface area contributed by atoms with Crippen LogP contribution < -0.4 is 0 Å². The summed E-state index contributed by atoms with van der Waals surface area (Å²) in [5.41, 5.74) is 3.11. The van der Waals surface area contributed by atoms with Crippen molar-refractivity contribution in [3.05, 3.63) is 51.5 Å². The van der Waals surface area contributed by atoms with Gasteiger partial charge in [-0.05, 0) is 38.3 Å². The summed E-state index contributed by atoms with van der Waals surface area (Å²) >= 11 is 1.77. The molecule has 0 spiro atoms. The lowest BCUT2D eigenvalue weighted by Crippen LogP contribution is -2.35. The lowest BCUT2D eigenvalue weighted by Gasteiger charge is -2.21. The van der Waals surface area contributed by atoms with Gasteiger partial charge in [0.05, 0.1) is 10.7 Å². The van der Waals surface area contributed by atoms with Gasteiger partial charge in [0, 0.05) is 43.7 Å². The SMILES string of the molecule is CCCc1nc(CN2CCCN(C(=O)c3cccc(C)c3)CC2)cs1. The number of nitrogens with zero attached hydrogens (tertiary/aromatic N) is 3. The zero-order valence-electron chi connectivity index (χ0n) is 15.2. The highest BCUT2D eigenvalue weighted by molar-refractivity contribution is 7.09. The van der Waals surface area contributed by atoms with E-state index in [0.29, 0.717) is 0 Å². The molecular weight excluding hydrogens is 330 g/mol. The number of thiazole rings is 1. The molecule has 134 valence electrons. The predicted molar refractivity (Wildman–Crippen MR) is 103 cm³/mol. The minimum Gasteiger partial charge on any atom is -0.337 e. The van der Waals surface area contributed by atoms with Gasteiger partial charge in [0.15, 0.2) is 0 Å². The Labute approximate surface area is 154 Å². The highest BCUT2D eigenvalue weighted by Crippen LogP contribution is 2.16. The van der Waals surface area contributed by atoms with Gasteiger partial charge >= 0.3 is 0 Å². The van der Waals surface area contributed by atoms with Gasteiger partial charge in [0.2, 0.25) is 0 Å². The average molecular weight is 358 g/mol. The molecule has 25 heavy (non-hydrogen) atoms. The standard InChI is InChI=1S/C20H27N3OS/c1-3-6-19-21-18(15-25-19)14-22-9-5-10-23(12-11-22)20(24)17-8-4-7-16(2)13-17/h4,7-8,13,15H,3,5-6,9-12,14H2,1-2H3. The van der Waals surface area contributed by atoms with E-state index in [0.717, 1.165) is 63.1 Å². The Morgan fingerprint density at radius 3 is 2.92 bits per heavy atom. The van der Waals surface area contributed by atoms with E-state index < -0.39 is 0 Å². The van der Waals surface area contributed by atoms with E-state index >= 15 is 0 Å². The quantitative estimate of drug-likeness (QED) is 0.818. The van der Waals surface area contributed by atoms with E-state index in [-0.39, 0.29) is 5.91 Å². The molecule has 0 bridgehead atoms. The lowest BCUT2D eigenvalue weighted by atomic mass is 10.1. The molecule has 0 saturated carbocycles. The monoisotopic (exact) mass is 357 g/mol. The van der Waals surface area contributed by atoms with Crippen LogP contribution in [-0.4, -0.2) is 46.9 Å². The maximum atomic E-state index is 12.7. The van der Waals surface area contributed by atoms with Crippen molar-refractivity contribution in [1.82, 2.24) is 14.8 Å². The van der Waals surface area contributed by atoms with Crippen LogP contribution in [0, 0.1) is 6.92 Å². The Kier molecular flexibility index (Phi) is 6.21. The fourth-order valence-corrected chi connectivity index (χ4v) is 4.16. The molecule has 3 rings (SSSR count). The number of benzene rings is 1. The third-order valence-electron chi connectivity index (χ3n) is 4.59. The topological polar surface area (TPSA) is 36.4 Å². The number of hydrogen-bond acceptors (Lipinski definition) is 4. The van der Waals surface area contributed by atoms with E-state index in [1.54, 1.807) is 11.3 Å². The molecule has 1 amide bonds. The fraction of sp³-hybridized carbons (Fsp3) is 0.500. The number of aryl methyl sites for hydroxylation is 2. The van der Waals surface area contributed by atoms with Gasteiger partial charge in [0.1, 0.15) is 0 Å². The lowest BCUT2D eigenvalue weighted by molar-refractivity contribution is 0.0761. The zero-order valence-corrected chi connectivity index (χ0v) is 16.0. The number of carbonyl (C=O) groups is 1. The molecule has 1 saturated heterocycles. The van der Waals surface area contributed by atoms with E-state index in [2.05, 4.69) is 17.2 Å². The van der Waals surface area contributed by atoms with Crippen molar-refractivity contribution in [3.8, 4) is 0 Å². The van der Waals surface area contributed by atoms with E-state index in [1.807, 2.05) is 36.1 Å². The zero-order chi connectivity index (χ0) is 17.6. The van der Waals surface area contributed by atoms with Gasteiger partial charge in [-0.15, -0.1) is 11.3 Å². The summed E-state index contributed by atoms with van der Waals surface area (Å²) in [6.45, 7) is 8.68. The summed E-state index contributed by atoms with van der Waals surface area (Å²) in [6, 6.07) is 7.89. The maximum absolute atomic E-state index is 12.7. The summed E-state index contributed by atoms with van der Waals surface area (Å²) in [5, 5.41) is 3.43. The first-order valence-electron chi connectivity index (χ1n) is 9.17. The first kappa shape index (κ1) is 18.1. The highest BCUT2D eigenvalue weighted by atomic mass is 32.1. The molecular formula is C20H27N3OS. The molecule has 4 nitrogen and oxygen atoms in total. The number of rotatable bonds is 5. The van der Waals surface area contributed by atoms with Crippen LogP contribution in [0.3, 0.4) is 0 Å². The second-order valence-corrected chi connectivity index (χ2v) is 7.72. The Bertz CT molecular complexity index is 712. The third kappa shape index (κ3) is 4.89. The Hall–Kier alpha value is -1.72. The van der Waals surface area contributed by atoms with Crippen LogP contribution in [0.4, 0.5) is 0 Å². The number of hydrogen-bond donors (Lipinski definition) is 0. The molecule has 0 aliphatic carbocycles. The number of aromatic nitrogens is 1. The molecule has 1 aromatic carbocycles. The van der Waals surface area contributed by atoms with E-state index in [9.17, 15) is 4.79 Å². The minimum absolute atomic E-state index is 0.157. The van der Waals surface area contributed by atoms with Crippen LogP contribution in [0.25, 0.3) is 0 Å². The number of carbonyl (C=O) groups excluding carboxylic acids is 1. The van der Waals surface area contributed by atoms with Crippen LogP contribution in [0.2, 0.25) is 0 Å². The molecule has 1 aliphatic rings. The summed E-state index contributed by atoms with van der Waals surface area (Å²) < 4.78 is 0. The second kappa shape index (κ2) is 8.59. The van der Waals surface area contributed by atoms with Gasteiger partial charge < -0.3 is 4.90 Å². The van der Waals surface area contributed by atoms with Crippen molar-refractivity contribution in [2.75, 3.05) is 26.2 Å². The normalized spacial score (nSPS) is 16.0. The van der Waals surface area contributed by atoms with Crippen LogP contribution in [0.15, 0.2) is 29.6 Å². The molecule has 5 heteroatoms. The van der Waals surface area contributed by atoms with Gasteiger partial charge in [-0.25, -0.2) is 4.98 Å². The van der Waals surface area contributed by atoms with Gasteiger partial charge in [-0.2, -0.15) is 0 Å². The van der Waals surface area contributed by atoms with Crippen molar-refractivity contribution < 1.29 is 4.79 Å². The Morgan fingerprint density at radius 1 is 1.24 bits per heavy atom. The molecule has 1 aromatic heterocycles. The molecule has 2 heterocycles.